The molecular weight excluding hydrogens is 506 g/mol. The molecule has 1 aliphatic rings. The minimum atomic E-state index is -1.10. The van der Waals surface area contributed by atoms with E-state index in [1.165, 1.54) is 11.8 Å². The van der Waals surface area contributed by atoms with Crippen molar-refractivity contribution in [2.45, 2.75) is 83.4 Å². The highest BCUT2D eigenvalue weighted by Crippen LogP contribution is 2.37. The van der Waals surface area contributed by atoms with Crippen LogP contribution < -0.4 is 10.6 Å². The van der Waals surface area contributed by atoms with Crippen molar-refractivity contribution >= 4 is 35.6 Å². The number of benzene rings is 1. The van der Waals surface area contributed by atoms with E-state index < -0.39 is 41.1 Å². The summed E-state index contributed by atoms with van der Waals surface area (Å²) in [5.41, 5.74) is -0.757. The van der Waals surface area contributed by atoms with Crippen LogP contribution in [0.1, 0.15) is 65.9 Å². The zero-order valence-electron chi connectivity index (χ0n) is 23.4. The molecule has 3 atom stereocenters. The van der Waals surface area contributed by atoms with E-state index in [0.29, 0.717) is 38.1 Å². The number of ether oxygens (including phenoxy) is 1. The van der Waals surface area contributed by atoms with E-state index in [4.69, 9.17) is 4.74 Å². The van der Waals surface area contributed by atoms with Crippen LogP contribution in [0.15, 0.2) is 30.3 Å². The first-order chi connectivity index (χ1) is 17.8. The zero-order chi connectivity index (χ0) is 28.5. The molecule has 212 valence electrons. The maximum atomic E-state index is 14.0. The van der Waals surface area contributed by atoms with Gasteiger partial charge in [0.25, 0.3) is 0 Å². The number of amides is 3. The first kappa shape index (κ1) is 31.5. The number of likely N-dealkylation sites (tertiary alicyclic amines) is 1. The van der Waals surface area contributed by atoms with E-state index in [1.54, 1.807) is 4.90 Å². The number of thioether (sulfide) groups is 1. The van der Waals surface area contributed by atoms with E-state index in [-0.39, 0.29) is 18.2 Å². The Morgan fingerprint density at radius 2 is 1.71 bits per heavy atom. The van der Waals surface area contributed by atoms with Gasteiger partial charge < -0.3 is 25.4 Å². The fraction of sp³-hybridized carbons (Fsp3) is 0.643. The van der Waals surface area contributed by atoms with E-state index in [1.807, 2.05) is 71.2 Å². The smallest absolute Gasteiger partial charge is 0.410 e. The number of aliphatic carboxylic acids is 1. The van der Waals surface area contributed by atoms with Crippen LogP contribution >= 0.6 is 11.8 Å². The van der Waals surface area contributed by atoms with Crippen LogP contribution in [-0.4, -0.2) is 76.7 Å². The number of nitrogens with one attached hydrogen (secondary N) is 2. The molecule has 9 nitrogen and oxygen atoms in total. The lowest BCUT2D eigenvalue weighted by Crippen LogP contribution is -2.59. The minimum absolute atomic E-state index is 0.219. The number of rotatable bonds is 11. The largest absolute Gasteiger partial charge is 0.480 e. The molecule has 10 heteroatoms. The van der Waals surface area contributed by atoms with Crippen molar-refractivity contribution in [3.8, 4) is 0 Å². The van der Waals surface area contributed by atoms with E-state index in [9.17, 15) is 24.3 Å². The van der Waals surface area contributed by atoms with Gasteiger partial charge in [0, 0.05) is 13.1 Å². The summed E-state index contributed by atoms with van der Waals surface area (Å²) in [7, 11) is 0. The molecule has 1 aromatic carbocycles. The summed E-state index contributed by atoms with van der Waals surface area (Å²) in [5.74, 6) is -1.54. The van der Waals surface area contributed by atoms with Gasteiger partial charge in [0.1, 0.15) is 17.7 Å². The van der Waals surface area contributed by atoms with Crippen LogP contribution in [0, 0.1) is 5.92 Å². The highest BCUT2D eigenvalue weighted by atomic mass is 32.2. The molecule has 1 saturated heterocycles. The molecule has 1 fully saturated rings. The van der Waals surface area contributed by atoms with Crippen LogP contribution in [0.5, 0.6) is 0 Å². The average molecular weight is 550 g/mol. The molecule has 1 heterocycles. The Bertz CT molecular complexity index is 957. The fourth-order valence-electron chi connectivity index (χ4n) is 4.54. The lowest BCUT2D eigenvalue weighted by molar-refractivity contribution is -0.142. The van der Waals surface area contributed by atoms with Gasteiger partial charge in [-0.1, -0.05) is 50.6 Å². The van der Waals surface area contributed by atoms with Gasteiger partial charge in [0.15, 0.2) is 0 Å². The molecule has 0 bridgehead atoms. The van der Waals surface area contributed by atoms with Crippen LogP contribution in [0.4, 0.5) is 4.79 Å². The molecule has 3 N–H and O–H groups in total. The Balaban J connectivity index is 2.29. The van der Waals surface area contributed by atoms with Crippen molar-refractivity contribution < 1.29 is 29.0 Å². The molecule has 0 spiro atoms. The molecule has 0 aliphatic carbocycles. The lowest BCUT2D eigenvalue weighted by atomic mass is 9.71. The molecule has 38 heavy (non-hydrogen) atoms. The second-order valence-corrected chi connectivity index (χ2v) is 11.9. The first-order valence-corrected chi connectivity index (χ1v) is 14.6. The van der Waals surface area contributed by atoms with Gasteiger partial charge in [-0.05, 0) is 63.5 Å². The molecular formula is C28H43N3O6S. The Kier molecular flexibility index (Phi) is 11.5. The summed E-state index contributed by atoms with van der Waals surface area (Å²) in [4.78, 5) is 53.3. The van der Waals surface area contributed by atoms with Crippen molar-refractivity contribution in [1.82, 2.24) is 15.5 Å². The van der Waals surface area contributed by atoms with Crippen LogP contribution in [-0.2, 0) is 24.5 Å². The van der Waals surface area contributed by atoms with Gasteiger partial charge in [-0.2, -0.15) is 11.8 Å². The minimum Gasteiger partial charge on any atom is -0.480 e. The number of carboxylic acid groups (broad SMARTS) is 1. The maximum absolute atomic E-state index is 14.0. The quantitative estimate of drug-likeness (QED) is 0.383. The third-order valence-electron chi connectivity index (χ3n) is 7.04. The van der Waals surface area contributed by atoms with E-state index in [0.717, 1.165) is 5.56 Å². The molecule has 1 aliphatic heterocycles. The van der Waals surface area contributed by atoms with Crippen LogP contribution in [0.3, 0.4) is 0 Å². The molecule has 3 amide bonds. The topological polar surface area (TPSA) is 125 Å². The highest BCUT2D eigenvalue weighted by molar-refractivity contribution is 7.98. The fourth-order valence-corrected chi connectivity index (χ4v) is 5.01. The van der Waals surface area contributed by atoms with Crippen molar-refractivity contribution in [2.24, 2.45) is 5.92 Å². The molecule has 2 rings (SSSR count). The van der Waals surface area contributed by atoms with Gasteiger partial charge >= 0.3 is 12.1 Å². The summed E-state index contributed by atoms with van der Waals surface area (Å²) in [6.07, 6.45) is 3.09. The predicted molar refractivity (Wildman–Crippen MR) is 149 cm³/mol. The first-order valence-electron chi connectivity index (χ1n) is 13.2. The van der Waals surface area contributed by atoms with Crippen molar-refractivity contribution in [3.05, 3.63) is 35.9 Å². The predicted octanol–water partition coefficient (Wildman–Crippen LogP) is 3.81. The van der Waals surface area contributed by atoms with Crippen molar-refractivity contribution in [2.75, 3.05) is 25.1 Å². The normalized spacial score (nSPS) is 17.6. The molecule has 1 aromatic rings. The Morgan fingerprint density at radius 1 is 1.11 bits per heavy atom. The molecule has 0 aromatic heterocycles. The number of nitrogens with zero attached hydrogens (tertiary/aromatic N) is 1. The van der Waals surface area contributed by atoms with Gasteiger partial charge in [0.05, 0.1) is 5.41 Å². The number of carbonyl (C=O) groups excluding carboxylic acids is 3. The van der Waals surface area contributed by atoms with Gasteiger partial charge in [-0.3, -0.25) is 9.59 Å². The number of carbonyl (C=O) groups is 4. The molecule has 0 unspecified atom stereocenters. The summed E-state index contributed by atoms with van der Waals surface area (Å²) < 4.78 is 5.52. The lowest BCUT2D eigenvalue weighted by Gasteiger charge is -2.42. The average Bonchev–Trinajstić information content (AvgIpc) is 2.88. The zero-order valence-corrected chi connectivity index (χ0v) is 24.2. The third-order valence-corrected chi connectivity index (χ3v) is 7.68. The number of hydrogen-bond acceptors (Lipinski definition) is 6. The van der Waals surface area contributed by atoms with Crippen LogP contribution in [0.2, 0.25) is 0 Å². The Hall–Kier alpha value is -2.75. The van der Waals surface area contributed by atoms with E-state index >= 15 is 0 Å². The van der Waals surface area contributed by atoms with Gasteiger partial charge in [-0.15, -0.1) is 0 Å². The standard InChI is InChI=1S/C28H43N3O6S/c1-7-19(2)22(23(32)29-21(24(33)34)13-18-38-6)30-25(35)28(20-11-9-8-10-12-20)14-16-31(17-15-28)26(36)37-27(3,4)5/h8-12,19,21-22H,7,13-18H2,1-6H3,(H,29,32)(H,30,35)(H,33,34)/t19-,21-,22-/m0/s1. The van der Waals surface area contributed by atoms with E-state index in [2.05, 4.69) is 10.6 Å². The van der Waals surface area contributed by atoms with Crippen molar-refractivity contribution in [1.29, 1.82) is 0 Å². The Morgan fingerprint density at radius 3 is 2.21 bits per heavy atom. The number of piperidine rings is 1. The van der Waals surface area contributed by atoms with Gasteiger partial charge in [0.2, 0.25) is 11.8 Å². The van der Waals surface area contributed by atoms with Gasteiger partial charge in [-0.25, -0.2) is 9.59 Å². The molecule has 0 saturated carbocycles. The molecule has 0 radical (unpaired) electrons. The summed E-state index contributed by atoms with van der Waals surface area (Å²) in [6.45, 7) is 9.88. The second-order valence-electron chi connectivity index (χ2n) is 10.9. The number of carboxylic acids is 1. The maximum Gasteiger partial charge on any atom is 0.410 e. The Labute approximate surface area is 230 Å². The third kappa shape index (κ3) is 8.38. The van der Waals surface area contributed by atoms with Crippen LogP contribution in [0.25, 0.3) is 0 Å². The SMILES string of the molecule is CC[C@H](C)[C@H](NC(=O)C1(c2ccccc2)CCN(C(=O)OC(C)(C)C)CC1)C(=O)N[C@@H](CCSC)C(=O)O. The summed E-state index contributed by atoms with van der Waals surface area (Å²) in [6, 6.07) is 7.47. The summed E-state index contributed by atoms with van der Waals surface area (Å²) >= 11 is 1.50. The highest BCUT2D eigenvalue weighted by Gasteiger charge is 2.46. The monoisotopic (exact) mass is 549 g/mol. The van der Waals surface area contributed by atoms with Crippen molar-refractivity contribution in [3.63, 3.8) is 0 Å². The second kappa shape index (κ2) is 13.9. The number of hydrogen-bond donors (Lipinski definition) is 3. The summed E-state index contributed by atoms with van der Waals surface area (Å²) in [5, 5.41) is 15.2.